The number of fused-ring (bicyclic) bond motifs is 2. The number of hydrogen-bond donors (Lipinski definition) is 2. The van der Waals surface area contributed by atoms with E-state index in [1.54, 1.807) is 18.5 Å². The maximum absolute atomic E-state index is 13.4. The first kappa shape index (κ1) is 21.6. The summed E-state index contributed by atoms with van der Waals surface area (Å²) in [6.07, 6.45) is 6.94. The zero-order valence-corrected chi connectivity index (χ0v) is 19.3. The minimum absolute atomic E-state index is 0.0888. The van der Waals surface area contributed by atoms with E-state index in [2.05, 4.69) is 21.4 Å². The van der Waals surface area contributed by atoms with Gasteiger partial charge in [0.15, 0.2) is 0 Å². The first-order chi connectivity index (χ1) is 17.0. The summed E-state index contributed by atoms with van der Waals surface area (Å²) in [5, 5.41) is 17.3. The van der Waals surface area contributed by atoms with Gasteiger partial charge in [-0.25, -0.2) is 9.78 Å². The lowest BCUT2D eigenvalue weighted by Crippen LogP contribution is -2.55. The van der Waals surface area contributed by atoms with Crippen LogP contribution in [0.1, 0.15) is 42.6 Å². The fourth-order valence-corrected chi connectivity index (χ4v) is 5.39. The lowest BCUT2D eigenvalue weighted by molar-refractivity contribution is -0.0703. The molecule has 1 spiro atoms. The predicted octanol–water partition coefficient (Wildman–Crippen LogP) is 2.51. The molecule has 10 heteroatoms. The van der Waals surface area contributed by atoms with E-state index < -0.39 is 11.1 Å². The number of anilines is 1. The number of nitrogen functional groups attached to an aromatic ring is 1. The average molecular weight is 471 g/mol. The van der Waals surface area contributed by atoms with E-state index in [1.807, 2.05) is 33.8 Å². The lowest BCUT2D eigenvalue weighted by atomic mass is 9.74. The molecular formula is C25H26N8O2. The number of nitriles is 1. The molecule has 2 amide bonds. The molecule has 0 radical (unpaired) electrons. The molecule has 0 bridgehead atoms. The van der Waals surface area contributed by atoms with Crippen molar-refractivity contribution in [3.63, 3.8) is 0 Å². The average Bonchev–Trinajstić information content (AvgIpc) is 3.49. The summed E-state index contributed by atoms with van der Waals surface area (Å²) in [6, 6.07) is 11.5. The van der Waals surface area contributed by atoms with Crippen molar-refractivity contribution in [1.29, 1.82) is 5.26 Å². The second-order valence-electron chi connectivity index (χ2n) is 9.50. The largest absolute Gasteiger partial charge is 0.383 e. The van der Waals surface area contributed by atoms with E-state index in [1.165, 1.54) is 0 Å². The van der Waals surface area contributed by atoms with Crippen LogP contribution in [0.2, 0.25) is 0 Å². The lowest BCUT2D eigenvalue weighted by Gasteiger charge is -2.43. The number of nitrogens with one attached hydrogen (secondary N) is 1. The van der Waals surface area contributed by atoms with E-state index in [0.29, 0.717) is 43.9 Å². The van der Waals surface area contributed by atoms with Crippen molar-refractivity contribution in [2.45, 2.75) is 43.4 Å². The Bertz CT molecular complexity index is 1330. The minimum Gasteiger partial charge on any atom is -0.383 e. The van der Waals surface area contributed by atoms with Crippen LogP contribution < -0.4 is 11.1 Å². The summed E-state index contributed by atoms with van der Waals surface area (Å²) in [4.78, 5) is 23.8. The second-order valence-corrected chi connectivity index (χ2v) is 9.50. The quantitative estimate of drug-likeness (QED) is 0.600. The van der Waals surface area contributed by atoms with E-state index in [4.69, 9.17) is 15.6 Å². The molecular weight excluding hydrogens is 444 g/mol. The molecule has 2 fully saturated rings. The molecule has 0 aromatic carbocycles. The Kier molecular flexibility index (Phi) is 4.96. The minimum atomic E-state index is -0.613. The monoisotopic (exact) mass is 470 g/mol. The molecule has 1 unspecified atom stereocenters. The Morgan fingerprint density at radius 2 is 2.09 bits per heavy atom. The van der Waals surface area contributed by atoms with Crippen LogP contribution >= 0.6 is 0 Å². The number of hydrogen-bond acceptors (Lipinski definition) is 7. The van der Waals surface area contributed by atoms with Crippen LogP contribution in [0.25, 0.3) is 11.3 Å². The molecule has 3 N–H and O–H groups in total. The van der Waals surface area contributed by atoms with Crippen molar-refractivity contribution in [3.05, 3.63) is 59.7 Å². The van der Waals surface area contributed by atoms with Crippen molar-refractivity contribution >= 4 is 11.8 Å². The van der Waals surface area contributed by atoms with Gasteiger partial charge in [-0.3, -0.25) is 9.67 Å². The Hall–Kier alpha value is -3.97. The molecule has 5 heterocycles. The first-order valence-electron chi connectivity index (χ1n) is 11.9. The number of pyridine rings is 2. The standard InChI is InChI=1S/C25H26N8O2/c26-14-17-12-18(15-29-22(17)27)19-13-21-25(35-11-10-33(21)31-19)7-9-32(16-25)23(34)30-24(5-3-6-24)20-4-1-2-8-28-20/h1-2,4,8,12-13,15H,3,5-7,9-11,16H2,(H2,27,29)(H,30,34). The van der Waals surface area contributed by atoms with Gasteiger partial charge in [0.1, 0.15) is 17.5 Å². The van der Waals surface area contributed by atoms with Crippen molar-refractivity contribution in [2.75, 3.05) is 25.4 Å². The summed E-state index contributed by atoms with van der Waals surface area (Å²) in [7, 11) is 0. The van der Waals surface area contributed by atoms with Crippen molar-refractivity contribution < 1.29 is 9.53 Å². The smallest absolute Gasteiger partial charge is 0.318 e. The van der Waals surface area contributed by atoms with Gasteiger partial charge >= 0.3 is 6.03 Å². The van der Waals surface area contributed by atoms with Crippen LogP contribution in [0.5, 0.6) is 0 Å². The summed E-state index contributed by atoms with van der Waals surface area (Å²) in [5.74, 6) is 0.201. The van der Waals surface area contributed by atoms with Gasteiger partial charge in [-0.05, 0) is 43.5 Å². The Labute approximate surface area is 202 Å². The van der Waals surface area contributed by atoms with Crippen molar-refractivity contribution in [2.24, 2.45) is 0 Å². The van der Waals surface area contributed by atoms with E-state index >= 15 is 0 Å². The Morgan fingerprint density at radius 3 is 2.83 bits per heavy atom. The number of carbonyl (C=O) groups excluding carboxylic acids is 1. The molecule has 3 aromatic heterocycles. The van der Waals surface area contributed by atoms with E-state index in [9.17, 15) is 10.1 Å². The van der Waals surface area contributed by atoms with Crippen LogP contribution in [0.15, 0.2) is 42.7 Å². The van der Waals surface area contributed by atoms with Crippen molar-refractivity contribution in [1.82, 2.24) is 30.0 Å². The van der Waals surface area contributed by atoms with E-state index in [-0.39, 0.29) is 11.8 Å². The third kappa shape index (κ3) is 3.51. The summed E-state index contributed by atoms with van der Waals surface area (Å²) < 4.78 is 8.27. The molecule has 1 saturated carbocycles. The number of aromatic nitrogens is 4. The summed E-state index contributed by atoms with van der Waals surface area (Å²) in [5.41, 5.74) is 8.38. The van der Waals surface area contributed by atoms with E-state index in [0.717, 1.165) is 36.2 Å². The summed E-state index contributed by atoms with van der Waals surface area (Å²) in [6.45, 7) is 2.18. The Morgan fingerprint density at radius 1 is 1.20 bits per heavy atom. The third-order valence-electron chi connectivity index (χ3n) is 7.49. The van der Waals surface area contributed by atoms with Gasteiger partial charge < -0.3 is 20.7 Å². The number of amides is 2. The molecule has 1 saturated heterocycles. The van der Waals surface area contributed by atoms with Gasteiger partial charge in [-0.15, -0.1) is 0 Å². The topological polar surface area (TPSA) is 135 Å². The molecule has 2 aliphatic heterocycles. The predicted molar refractivity (Wildman–Crippen MR) is 127 cm³/mol. The highest BCUT2D eigenvalue weighted by Crippen LogP contribution is 2.42. The molecule has 1 atom stereocenters. The van der Waals surface area contributed by atoms with Crippen LogP contribution in [0.4, 0.5) is 10.6 Å². The van der Waals surface area contributed by atoms with Gasteiger partial charge in [0.05, 0.1) is 47.9 Å². The second kappa shape index (κ2) is 8.06. The maximum atomic E-state index is 13.4. The highest BCUT2D eigenvalue weighted by Gasteiger charge is 2.49. The Balaban J connectivity index is 1.24. The molecule has 1 aliphatic carbocycles. The number of nitrogens with zero attached hydrogens (tertiary/aromatic N) is 6. The molecule has 3 aromatic rings. The molecule has 3 aliphatic rings. The van der Waals surface area contributed by atoms with Gasteiger partial charge in [0.25, 0.3) is 0 Å². The number of ether oxygens (including phenoxy) is 1. The van der Waals surface area contributed by atoms with Gasteiger partial charge in [0, 0.05) is 30.9 Å². The third-order valence-corrected chi connectivity index (χ3v) is 7.49. The number of likely N-dealkylation sites (tertiary alicyclic amines) is 1. The fraction of sp³-hybridized carbons (Fsp3) is 0.400. The highest BCUT2D eigenvalue weighted by molar-refractivity contribution is 5.76. The van der Waals surface area contributed by atoms with Crippen LogP contribution in [-0.4, -0.2) is 50.4 Å². The highest BCUT2D eigenvalue weighted by atomic mass is 16.5. The molecule has 6 rings (SSSR count). The molecule has 178 valence electrons. The molecule has 35 heavy (non-hydrogen) atoms. The zero-order chi connectivity index (χ0) is 24.0. The van der Waals surface area contributed by atoms with Gasteiger partial charge in [0.2, 0.25) is 0 Å². The molecule has 10 nitrogen and oxygen atoms in total. The first-order valence-corrected chi connectivity index (χ1v) is 11.9. The maximum Gasteiger partial charge on any atom is 0.318 e. The normalized spacial score (nSPS) is 22.3. The summed E-state index contributed by atoms with van der Waals surface area (Å²) >= 11 is 0. The van der Waals surface area contributed by atoms with Crippen LogP contribution in [0, 0.1) is 11.3 Å². The number of carbonyl (C=O) groups is 1. The fourth-order valence-electron chi connectivity index (χ4n) is 5.39. The van der Waals surface area contributed by atoms with Gasteiger partial charge in [-0.1, -0.05) is 6.07 Å². The SMILES string of the molecule is N#Cc1cc(-c2cc3n(n2)CCOC32CCN(C(=O)NC3(c4ccccn4)CCC3)C2)cnc1N. The number of urea groups is 1. The van der Waals surface area contributed by atoms with Gasteiger partial charge in [-0.2, -0.15) is 10.4 Å². The van der Waals surface area contributed by atoms with Crippen LogP contribution in [-0.2, 0) is 22.4 Å². The number of rotatable bonds is 3. The van der Waals surface area contributed by atoms with Crippen molar-refractivity contribution in [3.8, 4) is 17.3 Å². The van der Waals surface area contributed by atoms with Crippen LogP contribution in [0.3, 0.4) is 0 Å². The zero-order valence-electron chi connectivity index (χ0n) is 19.3. The number of nitrogens with two attached hydrogens (primary N) is 1.